The van der Waals surface area contributed by atoms with Crippen LogP contribution in [0, 0.1) is 0 Å². The highest BCUT2D eigenvalue weighted by Crippen LogP contribution is 2.38. The molecule has 0 unspecified atom stereocenters. The maximum Gasteiger partial charge on any atom is 0.214 e. The fraction of sp³-hybridized carbons (Fsp3) is 0.286. The van der Waals surface area contributed by atoms with E-state index in [1.54, 1.807) is 11.8 Å². The Balaban J connectivity index is 1.31. The maximum atomic E-state index is 6.76. The second-order valence-corrected chi connectivity index (χ2v) is 11.7. The van der Waals surface area contributed by atoms with Crippen LogP contribution < -0.4 is 0 Å². The van der Waals surface area contributed by atoms with Crippen LogP contribution in [-0.4, -0.2) is 63.8 Å². The molecule has 0 aliphatic carbocycles. The number of hydrogen-bond donors (Lipinski definition) is 0. The number of aromatic nitrogens is 4. The average Bonchev–Trinajstić information content (AvgIpc) is 3.57. The highest BCUT2D eigenvalue weighted by atomic mass is 32.2. The minimum Gasteiger partial charge on any atom is -0.374 e. The summed E-state index contributed by atoms with van der Waals surface area (Å²) in [5.74, 6) is 0. The van der Waals surface area contributed by atoms with E-state index in [0.717, 1.165) is 22.4 Å². The molecule has 0 radical (unpaired) electrons. The van der Waals surface area contributed by atoms with E-state index < -0.39 is 24.6 Å². The van der Waals surface area contributed by atoms with Crippen LogP contribution in [0.2, 0.25) is 0 Å². The molecule has 0 amide bonds. The molecular weight excluding hydrogens is 588 g/mol. The van der Waals surface area contributed by atoms with Crippen molar-refractivity contribution in [2.75, 3.05) is 13.7 Å². The molecule has 6 rings (SSSR count). The predicted octanol–water partition coefficient (Wildman–Crippen LogP) is 5.88. The molecule has 1 fully saturated rings. The predicted molar refractivity (Wildman–Crippen MR) is 171 cm³/mol. The molecule has 0 spiro atoms. The van der Waals surface area contributed by atoms with Crippen molar-refractivity contribution in [1.82, 2.24) is 20.2 Å². The van der Waals surface area contributed by atoms with Gasteiger partial charge in [-0.3, -0.25) is 0 Å². The van der Waals surface area contributed by atoms with Crippen LogP contribution in [0.5, 0.6) is 0 Å². The van der Waals surface area contributed by atoms with Gasteiger partial charge in [0.1, 0.15) is 12.2 Å². The van der Waals surface area contributed by atoms with Crippen molar-refractivity contribution in [2.45, 2.75) is 54.8 Å². The van der Waals surface area contributed by atoms with E-state index >= 15 is 0 Å². The molecule has 2 heterocycles. The highest BCUT2D eigenvalue weighted by molar-refractivity contribution is 7.99. The van der Waals surface area contributed by atoms with Gasteiger partial charge in [-0.05, 0) is 39.2 Å². The molecule has 0 saturated carbocycles. The largest absolute Gasteiger partial charge is 0.374 e. The molecule has 5 atom stereocenters. The lowest BCUT2D eigenvalue weighted by Crippen LogP contribution is -2.59. The van der Waals surface area contributed by atoms with Crippen LogP contribution in [-0.2, 0) is 43.5 Å². The van der Waals surface area contributed by atoms with Crippen LogP contribution in [0.3, 0.4) is 0 Å². The van der Waals surface area contributed by atoms with E-state index in [2.05, 4.69) is 15.5 Å². The number of hydrogen-bond acceptors (Lipinski definition) is 9. The van der Waals surface area contributed by atoms with Gasteiger partial charge in [-0.1, -0.05) is 121 Å². The van der Waals surface area contributed by atoms with Crippen molar-refractivity contribution in [2.24, 2.45) is 0 Å². The molecule has 0 N–H and O–H groups in total. The van der Waals surface area contributed by atoms with Gasteiger partial charge in [0.05, 0.1) is 43.5 Å². The van der Waals surface area contributed by atoms with E-state index in [-0.39, 0.29) is 5.25 Å². The van der Waals surface area contributed by atoms with Crippen molar-refractivity contribution in [3.05, 3.63) is 138 Å². The minimum absolute atomic E-state index is 0.302. The Morgan fingerprint density at radius 2 is 1.22 bits per heavy atom. The minimum atomic E-state index is -0.693. The number of methoxy groups -OCH3 is 1. The first-order valence-corrected chi connectivity index (χ1v) is 15.8. The molecule has 1 aliphatic rings. The van der Waals surface area contributed by atoms with Crippen LogP contribution in [0.1, 0.15) is 16.7 Å². The molecular formula is C35H36N4O5S. The topological polar surface area (TPSA) is 89.8 Å². The fourth-order valence-corrected chi connectivity index (χ4v) is 6.45. The van der Waals surface area contributed by atoms with Gasteiger partial charge < -0.3 is 23.7 Å². The monoisotopic (exact) mass is 624 g/mol. The summed E-state index contributed by atoms with van der Waals surface area (Å²) in [5.41, 5.74) is 4.02. The summed E-state index contributed by atoms with van der Waals surface area (Å²) in [6.07, 6.45) is -2.14. The van der Waals surface area contributed by atoms with Gasteiger partial charge in [0.25, 0.3) is 0 Å². The molecule has 9 nitrogen and oxygen atoms in total. The molecule has 1 saturated heterocycles. The van der Waals surface area contributed by atoms with Gasteiger partial charge in [-0.2, -0.15) is 4.68 Å². The summed E-state index contributed by atoms with van der Waals surface area (Å²) >= 11 is 1.49. The molecule has 10 heteroatoms. The lowest BCUT2D eigenvalue weighted by atomic mass is 10.0. The number of rotatable bonds is 14. The third kappa shape index (κ3) is 8.23. The lowest BCUT2D eigenvalue weighted by molar-refractivity contribution is -0.283. The van der Waals surface area contributed by atoms with Crippen LogP contribution >= 0.6 is 11.8 Å². The Labute approximate surface area is 267 Å². The third-order valence-corrected chi connectivity index (χ3v) is 8.78. The second kappa shape index (κ2) is 15.9. The van der Waals surface area contributed by atoms with Crippen molar-refractivity contribution in [3.63, 3.8) is 0 Å². The third-order valence-electron chi connectivity index (χ3n) is 7.47. The number of benzene rings is 4. The van der Waals surface area contributed by atoms with Gasteiger partial charge in [0.2, 0.25) is 5.16 Å². The van der Waals surface area contributed by atoms with Crippen molar-refractivity contribution in [1.29, 1.82) is 0 Å². The number of para-hydroxylation sites is 1. The Morgan fingerprint density at radius 3 is 1.80 bits per heavy atom. The highest BCUT2D eigenvalue weighted by Gasteiger charge is 2.49. The summed E-state index contributed by atoms with van der Waals surface area (Å²) in [4.78, 5) is 0. The number of thioether (sulfide) groups is 1. The number of nitrogens with zero attached hydrogens (tertiary/aromatic N) is 4. The van der Waals surface area contributed by atoms with Crippen LogP contribution in [0.4, 0.5) is 0 Å². The zero-order valence-electron chi connectivity index (χ0n) is 25.0. The smallest absolute Gasteiger partial charge is 0.214 e. The molecule has 1 aromatic heterocycles. The quantitative estimate of drug-likeness (QED) is 0.150. The first-order chi connectivity index (χ1) is 22.3. The summed E-state index contributed by atoms with van der Waals surface area (Å²) in [6.45, 7) is 1.50. The van der Waals surface area contributed by atoms with E-state index in [1.807, 2.05) is 121 Å². The Bertz CT molecular complexity index is 1560. The SMILES string of the molecule is CO[C@H]1O[C@H](COCc2ccccc2)[C@H](Sc2nnnn2-c2ccccc2)[C@H](OCc2ccccc2)[C@H]1OCc1ccccc1. The maximum absolute atomic E-state index is 6.76. The van der Waals surface area contributed by atoms with Gasteiger partial charge >= 0.3 is 0 Å². The lowest BCUT2D eigenvalue weighted by Gasteiger charge is -2.45. The van der Waals surface area contributed by atoms with E-state index in [9.17, 15) is 0 Å². The normalized spacial score (nSPS) is 21.5. The van der Waals surface area contributed by atoms with Crippen molar-refractivity contribution < 1.29 is 23.7 Å². The summed E-state index contributed by atoms with van der Waals surface area (Å²) in [6, 6.07) is 40.0. The molecule has 45 heavy (non-hydrogen) atoms. The van der Waals surface area contributed by atoms with Gasteiger partial charge in [0.15, 0.2) is 6.29 Å². The van der Waals surface area contributed by atoms with E-state index in [1.165, 1.54) is 11.8 Å². The van der Waals surface area contributed by atoms with Crippen LogP contribution in [0.15, 0.2) is 126 Å². The van der Waals surface area contributed by atoms with Gasteiger partial charge in [-0.25, -0.2) is 0 Å². The summed E-state index contributed by atoms with van der Waals surface area (Å²) in [7, 11) is 1.63. The summed E-state index contributed by atoms with van der Waals surface area (Å²) in [5, 5.41) is 13.0. The zero-order valence-corrected chi connectivity index (χ0v) is 25.8. The Morgan fingerprint density at radius 1 is 0.689 bits per heavy atom. The molecule has 4 aromatic carbocycles. The van der Waals surface area contributed by atoms with Crippen LogP contribution in [0.25, 0.3) is 5.69 Å². The standard InChI is InChI=1S/C35H36N4O5S/c1-40-34-32(43-24-28-18-10-4-11-19-28)31(42-23-27-16-8-3-9-17-27)33(30(44-34)25-41-22-26-14-6-2-7-15-26)45-35-36-37-38-39(35)29-20-12-5-13-21-29/h2-21,30-34H,22-25H2,1H3/t30-,31-,32-,33+,34+/m1/s1. The molecule has 0 bridgehead atoms. The zero-order chi connectivity index (χ0) is 30.7. The van der Waals surface area contributed by atoms with Crippen molar-refractivity contribution in [3.8, 4) is 5.69 Å². The molecule has 1 aliphatic heterocycles. The van der Waals surface area contributed by atoms with Gasteiger partial charge in [0, 0.05) is 7.11 Å². The van der Waals surface area contributed by atoms with Gasteiger partial charge in [-0.15, -0.1) is 5.10 Å². The summed E-state index contributed by atoms with van der Waals surface area (Å²) < 4.78 is 33.8. The first kappa shape index (κ1) is 31.1. The second-order valence-electron chi connectivity index (χ2n) is 10.6. The van der Waals surface area contributed by atoms with E-state index in [4.69, 9.17) is 23.7 Å². The Hall–Kier alpha value is -3.90. The fourth-order valence-electron chi connectivity index (χ4n) is 5.22. The number of tetrazole rings is 1. The van der Waals surface area contributed by atoms with Crippen molar-refractivity contribution >= 4 is 11.8 Å². The Kier molecular flexibility index (Phi) is 11.0. The number of ether oxygens (including phenoxy) is 5. The first-order valence-electron chi connectivity index (χ1n) is 14.9. The molecule has 232 valence electrons. The average molecular weight is 625 g/mol. The van der Waals surface area contributed by atoms with E-state index in [0.29, 0.717) is 31.6 Å². The molecule has 5 aromatic rings.